The van der Waals surface area contributed by atoms with Crippen molar-refractivity contribution in [2.75, 3.05) is 26.2 Å². The summed E-state index contributed by atoms with van der Waals surface area (Å²) in [5, 5.41) is 31.2. The van der Waals surface area contributed by atoms with E-state index in [9.17, 15) is 9.90 Å². The maximum absolute atomic E-state index is 10.9. The molecule has 0 bridgehead atoms. The summed E-state index contributed by atoms with van der Waals surface area (Å²) in [7, 11) is 0. The third-order valence-electron chi connectivity index (χ3n) is 6.98. The molecular weight excluding hydrogens is 480 g/mol. The first-order chi connectivity index (χ1) is 18.6. The molecule has 4 aromatic rings. The monoisotopic (exact) mass is 512 g/mol. The maximum atomic E-state index is 10.9. The highest BCUT2D eigenvalue weighted by atomic mass is 16.4. The molecule has 0 amide bonds. The Morgan fingerprint density at radius 1 is 0.895 bits per heavy atom. The molecule has 0 saturated carbocycles. The molecule has 1 saturated heterocycles. The summed E-state index contributed by atoms with van der Waals surface area (Å²) in [4.78, 5) is 15.8. The first kappa shape index (κ1) is 25.6. The fourth-order valence-electron chi connectivity index (χ4n) is 5.09. The molecule has 2 heterocycles. The molecule has 3 aromatic carbocycles. The number of nitrogens with zero attached hydrogens (tertiary/aromatic N) is 6. The topological polar surface area (TPSA) is 108 Å². The zero-order valence-corrected chi connectivity index (χ0v) is 21.2. The van der Waals surface area contributed by atoms with Crippen LogP contribution >= 0.6 is 0 Å². The Hall–Kier alpha value is -4.08. The highest BCUT2D eigenvalue weighted by Gasteiger charge is 2.27. The zero-order chi connectivity index (χ0) is 26.3. The van der Waals surface area contributed by atoms with E-state index in [2.05, 4.69) is 67.8 Å². The number of aromatic hydroxyl groups is 1. The lowest BCUT2D eigenvalue weighted by Gasteiger charge is -2.40. The number of aromatic nitrogens is 4. The first-order valence-corrected chi connectivity index (χ1v) is 12.9. The number of tetrazole rings is 1. The minimum Gasteiger partial charge on any atom is -0.508 e. The Balaban J connectivity index is 1.33. The highest BCUT2D eigenvalue weighted by Crippen LogP contribution is 2.32. The van der Waals surface area contributed by atoms with E-state index in [0.717, 1.165) is 49.4 Å². The van der Waals surface area contributed by atoms with E-state index in [-0.39, 0.29) is 18.2 Å². The van der Waals surface area contributed by atoms with Gasteiger partial charge in [0.05, 0.1) is 6.04 Å². The lowest BCUT2D eigenvalue weighted by atomic mass is 9.95. The zero-order valence-electron chi connectivity index (χ0n) is 21.2. The van der Waals surface area contributed by atoms with Gasteiger partial charge in [0.2, 0.25) is 0 Å². The van der Waals surface area contributed by atoms with Crippen LogP contribution in [0.1, 0.15) is 35.6 Å². The van der Waals surface area contributed by atoms with Crippen molar-refractivity contribution in [1.29, 1.82) is 0 Å². The number of benzene rings is 3. The molecule has 0 spiro atoms. The number of hydrogen-bond acceptors (Lipinski definition) is 7. The molecule has 1 aliphatic rings. The second kappa shape index (κ2) is 12.0. The van der Waals surface area contributed by atoms with Gasteiger partial charge in [-0.3, -0.25) is 14.6 Å². The van der Waals surface area contributed by atoms with E-state index >= 15 is 0 Å². The lowest BCUT2D eigenvalue weighted by molar-refractivity contribution is -0.137. The summed E-state index contributed by atoms with van der Waals surface area (Å²) in [5.74, 6) is 0.0422. The van der Waals surface area contributed by atoms with Gasteiger partial charge in [-0.1, -0.05) is 66.7 Å². The summed E-state index contributed by atoms with van der Waals surface area (Å²) in [6.45, 7) is 5.14. The van der Waals surface area contributed by atoms with Gasteiger partial charge in [-0.05, 0) is 45.7 Å². The molecule has 5 rings (SSSR count). The molecule has 1 atom stereocenters. The molecule has 0 aliphatic carbocycles. The standard InChI is InChI=1S/C29H32N6O3/c36-26-9-4-8-25(20-26)28(34-18-16-33(17-19-34)21-22-6-2-1-3-7-22)23-11-13-24(14-12-23)29-30-31-32-35(29)15-5-10-27(37)38/h1-4,6-9,11-14,20,28,36H,5,10,15-19,21H2,(H,37,38). The van der Waals surface area contributed by atoms with Crippen molar-refractivity contribution in [2.24, 2.45) is 0 Å². The van der Waals surface area contributed by atoms with Crippen LogP contribution in [0.4, 0.5) is 0 Å². The van der Waals surface area contributed by atoms with E-state index < -0.39 is 5.97 Å². The second-order valence-electron chi connectivity index (χ2n) is 9.64. The smallest absolute Gasteiger partial charge is 0.303 e. The predicted molar refractivity (Wildman–Crippen MR) is 143 cm³/mol. The van der Waals surface area contributed by atoms with Gasteiger partial charge in [0.1, 0.15) is 5.75 Å². The number of hydrogen-bond donors (Lipinski definition) is 2. The molecular formula is C29H32N6O3. The maximum Gasteiger partial charge on any atom is 0.303 e. The van der Waals surface area contributed by atoms with E-state index in [1.807, 2.05) is 30.3 Å². The minimum atomic E-state index is -0.831. The summed E-state index contributed by atoms with van der Waals surface area (Å²) in [5.41, 5.74) is 4.37. The Labute approximate surface area is 221 Å². The molecule has 196 valence electrons. The quantitative estimate of drug-likeness (QED) is 0.330. The summed E-state index contributed by atoms with van der Waals surface area (Å²) in [6.07, 6.45) is 0.531. The summed E-state index contributed by atoms with van der Waals surface area (Å²) >= 11 is 0. The van der Waals surface area contributed by atoms with Gasteiger partial charge in [-0.25, -0.2) is 4.68 Å². The average molecular weight is 513 g/mol. The number of carboxylic acids is 1. The third-order valence-corrected chi connectivity index (χ3v) is 6.98. The van der Waals surface area contributed by atoms with Gasteiger partial charge in [0.15, 0.2) is 5.82 Å². The molecule has 2 N–H and O–H groups in total. The van der Waals surface area contributed by atoms with Crippen molar-refractivity contribution in [3.8, 4) is 17.1 Å². The molecule has 1 unspecified atom stereocenters. The number of phenolic OH excluding ortho intramolecular Hbond substituents is 1. The van der Waals surface area contributed by atoms with Crippen LogP contribution in [0.2, 0.25) is 0 Å². The largest absolute Gasteiger partial charge is 0.508 e. The SMILES string of the molecule is O=C(O)CCCn1nnnc1-c1ccc(C(c2cccc(O)c2)N2CCN(Cc3ccccc3)CC2)cc1. The molecule has 9 heteroatoms. The molecule has 0 radical (unpaired) electrons. The summed E-state index contributed by atoms with van der Waals surface area (Å²) in [6, 6.07) is 26.3. The number of aryl methyl sites for hydroxylation is 1. The van der Waals surface area contributed by atoms with Gasteiger partial charge < -0.3 is 10.2 Å². The van der Waals surface area contributed by atoms with Crippen LogP contribution in [-0.4, -0.2) is 72.4 Å². The second-order valence-corrected chi connectivity index (χ2v) is 9.64. The van der Waals surface area contributed by atoms with Crippen LogP contribution < -0.4 is 0 Å². The number of carbonyl (C=O) groups is 1. The van der Waals surface area contributed by atoms with Gasteiger partial charge in [0, 0.05) is 51.3 Å². The van der Waals surface area contributed by atoms with E-state index in [1.165, 1.54) is 5.56 Å². The fraction of sp³-hybridized carbons (Fsp3) is 0.310. The summed E-state index contributed by atoms with van der Waals surface area (Å²) < 4.78 is 1.65. The van der Waals surface area contributed by atoms with Crippen molar-refractivity contribution in [3.63, 3.8) is 0 Å². The average Bonchev–Trinajstić information content (AvgIpc) is 3.39. The molecule has 1 aliphatic heterocycles. The Bertz CT molecular complexity index is 1330. The number of carboxylic acid groups (broad SMARTS) is 1. The Morgan fingerprint density at radius 3 is 2.37 bits per heavy atom. The lowest BCUT2D eigenvalue weighted by Crippen LogP contribution is -2.47. The Morgan fingerprint density at radius 2 is 1.66 bits per heavy atom. The van der Waals surface area contributed by atoms with Crippen LogP contribution in [0.3, 0.4) is 0 Å². The van der Waals surface area contributed by atoms with Crippen molar-refractivity contribution in [2.45, 2.75) is 32.0 Å². The van der Waals surface area contributed by atoms with Gasteiger partial charge in [-0.15, -0.1) is 5.10 Å². The highest BCUT2D eigenvalue weighted by molar-refractivity contribution is 5.66. The molecule has 9 nitrogen and oxygen atoms in total. The van der Waals surface area contributed by atoms with Crippen LogP contribution in [0.5, 0.6) is 5.75 Å². The van der Waals surface area contributed by atoms with Crippen molar-refractivity contribution in [1.82, 2.24) is 30.0 Å². The molecule has 38 heavy (non-hydrogen) atoms. The van der Waals surface area contributed by atoms with Crippen molar-refractivity contribution in [3.05, 3.63) is 95.6 Å². The van der Waals surface area contributed by atoms with Crippen LogP contribution in [0, 0.1) is 0 Å². The van der Waals surface area contributed by atoms with E-state index in [1.54, 1.807) is 10.7 Å². The first-order valence-electron chi connectivity index (χ1n) is 12.9. The number of aliphatic carboxylic acids is 1. The van der Waals surface area contributed by atoms with Crippen LogP contribution in [0.25, 0.3) is 11.4 Å². The van der Waals surface area contributed by atoms with Gasteiger partial charge in [-0.2, -0.15) is 0 Å². The van der Waals surface area contributed by atoms with E-state index in [0.29, 0.717) is 18.8 Å². The number of piperazine rings is 1. The Kier molecular flexibility index (Phi) is 8.06. The van der Waals surface area contributed by atoms with Gasteiger partial charge in [0.25, 0.3) is 0 Å². The normalized spacial score (nSPS) is 15.4. The number of phenols is 1. The minimum absolute atomic E-state index is 0.00147. The molecule has 1 aromatic heterocycles. The van der Waals surface area contributed by atoms with Crippen molar-refractivity contribution < 1.29 is 15.0 Å². The molecule has 1 fully saturated rings. The van der Waals surface area contributed by atoms with Crippen molar-refractivity contribution >= 4 is 5.97 Å². The van der Waals surface area contributed by atoms with Crippen LogP contribution in [-0.2, 0) is 17.9 Å². The predicted octanol–water partition coefficient (Wildman–Crippen LogP) is 3.82. The fourth-order valence-corrected chi connectivity index (χ4v) is 5.09. The van der Waals surface area contributed by atoms with Gasteiger partial charge >= 0.3 is 5.97 Å². The third kappa shape index (κ3) is 6.24. The van der Waals surface area contributed by atoms with Crippen LogP contribution in [0.15, 0.2) is 78.9 Å². The van der Waals surface area contributed by atoms with E-state index in [4.69, 9.17) is 5.11 Å². The number of rotatable bonds is 10.